The third-order valence-corrected chi connectivity index (χ3v) is 5.03. The molecule has 1 unspecified atom stereocenters. The van der Waals surface area contributed by atoms with Gasteiger partial charge in [-0.15, -0.1) is 0 Å². The van der Waals surface area contributed by atoms with E-state index >= 15 is 0 Å². The highest BCUT2D eigenvalue weighted by Crippen LogP contribution is 2.34. The first-order valence-corrected chi connectivity index (χ1v) is 9.67. The Morgan fingerprint density at radius 3 is 2.58 bits per heavy atom. The molecule has 4 aromatic rings. The number of hydrogen-bond acceptors (Lipinski definition) is 3. The van der Waals surface area contributed by atoms with E-state index < -0.39 is 17.7 Å². The van der Waals surface area contributed by atoms with E-state index in [1.165, 1.54) is 12.1 Å². The van der Waals surface area contributed by atoms with Crippen molar-refractivity contribution in [3.8, 4) is 22.8 Å². The third-order valence-electron chi connectivity index (χ3n) is 5.03. The Bertz CT molecular complexity index is 1210. The van der Waals surface area contributed by atoms with E-state index in [2.05, 4.69) is 19.9 Å². The van der Waals surface area contributed by atoms with Crippen molar-refractivity contribution in [3.05, 3.63) is 77.9 Å². The van der Waals surface area contributed by atoms with Crippen molar-refractivity contribution in [2.24, 2.45) is 0 Å². The summed E-state index contributed by atoms with van der Waals surface area (Å²) < 4.78 is 54.8. The minimum Gasteiger partial charge on any atom is -0.340 e. The summed E-state index contributed by atoms with van der Waals surface area (Å²) in [6.45, 7) is 3.69. The molecule has 0 spiro atoms. The average molecular weight is 429 g/mol. The van der Waals surface area contributed by atoms with Crippen LogP contribution >= 0.6 is 0 Å². The number of hydrogen-bond donors (Lipinski definition) is 1. The largest absolute Gasteiger partial charge is 0.416 e. The first kappa shape index (κ1) is 20.8. The van der Waals surface area contributed by atoms with Crippen molar-refractivity contribution in [2.75, 3.05) is 0 Å². The maximum absolute atomic E-state index is 13.6. The van der Waals surface area contributed by atoms with Gasteiger partial charge >= 0.3 is 6.18 Å². The van der Waals surface area contributed by atoms with Crippen molar-refractivity contribution in [1.29, 1.82) is 0 Å². The molecule has 1 N–H and O–H groups in total. The van der Waals surface area contributed by atoms with Gasteiger partial charge in [0.15, 0.2) is 5.82 Å². The summed E-state index contributed by atoms with van der Waals surface area (Å²) in [6.07, 6.45) is -0.470. The second-order valence-corrected chi connectivity index (χ2v) is 7.09. The molecule has 0 saturated heterocycles. The lowest BCUT2D eigenvalue weighted by Crippen LogP contribution is -2.12. The molecule has 0 amide bonds. The summed E-state index contributed by atoms with van der Waals surface area (Å²) in [7, 11) is 0. The van der Waals surface area contributed by atoms with Gasteiger partial charge in [0.25, 0.3) is 0 Å². The van der Waals surface area contributed by atoms with Crippen LogP contribution in [0.3, 0.4) is 0 Å². The van der Waals surface area contributed by atoms with Crippen LogP contribution in [0.4, 0.5) is 17.6 Å². The van der Waals surface area contributed by atoms with Gasteiger partial charge in [0.2, 0.25) is 5.95 Å². The zero-order valence-electron chi connectivity index (χ0n) is 16.8. The van der Waals surface area contributed by atoms with E-state index in [1.807, 2.05) is 11.5 Å². The molecule has 5 nitrogen and oxygen atoms in total. The van der Waals surface area contributed by atoms with Crippen LogP contribution in [0.5, 0.6) is 0 Å². The lowest BCUT2D eigenvalue weighted by molar-refractivity contribution is -0.137. The number of rotatable bonds is 5. The van der Waals surface area contributed by atoms with Crippen LogP contribution in [-0.2, 0) is 6.18 Å². The number of nitrogens with one attached hydrogen (secondary N) is 1. The molecular formula is C22H19F4N5. The zero-order chi connectivity index (χ0) is 22.2. The van der Waals surface area contributed by atoms with Crippen LogP contribution in [0.2, 0.25) is 0 Å². The lowest BCUT2D eigenvalue weighted by Gasteiger charge is -2.17. The summed E-state index contributed by atoms with van der Waals surface area (Å²) in [5.74, 6) is 0.435. The minimum atomic E-state index is -4.43. The molecular weight excluding hydrogens is 410 g/mol. The van der Waals surface area contributed by atoms with Crippen molar-refractivity contribution in [3.63, 3.8) is 0 Å². The van der Waals surface area contributed by atoms with E-state index in [9.17, 15) is 17.6 Å². The second-order valence-electron chi connectivity index (χ2n) is 7.09. The van der Waals surface area contributed by atoms with Gasteiger partial charge in [-0.1, -0.05) is 25.1 Å². The fourth-order valence-corrected chi connectivity index (χ4v) is 3.59. The van der Waals surface area contributed by atoms with E-state index in [0.29, 0.717) is 40.7 Å². The number of benzene rings is 1. The SMILES string of the molecule is CCC(c1nc(C)c(-c2cccc(C(F)(F)F)c2)[nH]1)n1ccnc1-c1cccc(F)n1. The summed E-state index contributed by atoms with van der Waals surface area (Å²) in [5, 5.41) is 0. The number of aromatic nitrogens is 5. The number of imidazole rings is 2. The molecule has 9 heteroatoms. The Hall–Kier alpha value is -3.49. The molecule has 4 rings (SSSR count). The number of nitrogens with zero attached hydrogens (tertiary/aromatic N) is 4. The molecule has 160 valence electrons. The summed E-state index contributed by atoms with van der Waals surface area (Å²) in [5.41, 5.74) is 1.16. The quantitative estimate of drug-likeness (QED) is 0.322. The highest BCUT2D eigenvalue weighted by molar-refractivity contribution is 5.63. The van der Waals surface area contributed by atoms with Gasteiger partial charge in [-0.2, -0.15) is 17.6 Å². The fourth-order valence-electron chi connectivity index (χ4n) is 3.59. The minimum absolute atomic E-state index is 0.291. The maximum atomic E-state index is 13.6. The Kier molecular flexibility index (Phi) is 5.34. The monoisotopic (exact) mass is 429 g/mol. The van der Waals surface area contributed by atoms with E-state index in [-0.39, 0.29) is 6.04 Å². The predicted octanol–water partition coefficient (Wildman–Crippen LogP) is 5.80. The van der Waals surface area contributed by atoms with Crippen LogP contribution in [0.25, 0.3) is 22.8 Å². The highest BCUT2D eigenvalue weighted by Gasteiger charge is 2.31. The van der Waals surface area contributed by atoms with Crippen LogP contribution in [0.15, 0.2) is 54.9 Å². The molecule has 3 aromatic heterocycles. The van der Waals surface area contributed by atoms with Gasteiger partial charge < -0.3 is 9.55 Å². The van der Waals surface area contributed by atoms with Gasteiger partial charge in [0.1, 0.15) is 11.5 Å². The van der Waals surface area contributed by atoms with Crippen LogP contribution in [-0.4, -0.2) is 24.5 Å². The average Bonchev–Trinajstić information content (AvgIpc) is 3.35. The lowest BCUT2D eigenvalue weighted by atomic mass is 10.1. The normalized spacial score (nSPS) is 12.8. The summed E-state index contributed by atoms with van der Waals surface area (Å²) in [6, 6.07) is 9.31. The maximum Gasteiger partial charge on any atom is 0.416 e. The smallest absolute Gasteiger partial charge is 0.340 e. The molecule has 0 aliphatic rings. The van der Waals surface area contributed by atoms with E-state index in [4.69, 9.17) is 0 Å². The molecule has 0 aliphatic heterocycles. The van der Waals surface area contributed by atoms with Crippen LogP contribution in [0, 0.1) is 12.9 Å². The summed E-state index contributed by atoms with van der Waals surface area (Å²) in [4.78, 5) is 16.0. The fraction of sp³-hybridized carbons (Fsp3) is 0.227. The molecule has 0 aliphatic carbocycles. The number of H-pyrrole nitrogens is 1. The standard InChI is InChI=1S/C22H19F4N5/c1-3-17(31-11-10-27-21(31)16-8-5-9-18(23)29-16)20-28-13(2)19(30-20)14-6-4-7-15(12-14)22(24,25)26/h4-12,17H,3H2,1-2H3,(H,28,30). The van der Waals surface area contributed by atoms with Gasteiger partial charge in [-0.25, -0.2) is 15.0 Å². The third kappa shape index (κ3) is 4.08. The molecule has 0 radical (unpaired) electrons. The topological polar surface area (TPSA) is 59.4 Å². The number of alkyl halides is 3. The Morgan fingerprint density at radius 2 is 1.87 bits per heavy atom. The predicted molar refractivity (Wildman–Crippen MR) is 108 cm³/mol. The van der Waals surface area contributed by atoms with E-state index in [0.717, 1.165) is 12.1 Å². The van der Waals surface area contributed by atoms with Crippen molar-refractivity contribution >= 4 is 0 Å². The van der Waals surface area contributed by atoms with Gasteiger partial charge in [0, 0.05) is 18.0 Å². The van der Waals surface area contributed by atoms with Gasteiger partial charge in [-0.3, -0.25) is 0 Å². The van der Waals surface area contributed by atoms with Crippen molar-refractivity contribution < 1.29 is 17.6 Å². The molecule has 0 fully saturated rings. The number of aryl methyl sites for hydroxylation is 1. The van der Waals surface area contributed by atoms with Gasteiger partial charge in [0.05, 0.1) is 23.0 Å². The molecule has 1 aromatic carbocycles. The molecule has 3 heterocycles. The molecule has 31 heavy (non-hydrogen) atoms. The van der Waals surface area contributed by atoms with E-state index in [1.54, 1.807) is 37.5 Å². The number of aromatic amines is 1. The number of halogens is 4. The Balaban J connectivity index is 1.74. The first-order chi connectivity index (χ1) is 14.8. The molecule has 0 saturated carbocycles. The Labute approximate surface area is 175 Å². The van der Waals surface area contributed by atoms with Crippen molar-refractivity contribution in [1.82, 2.24) is 24.5 Å². The van der Waals surface area contributed by atoms with Crippen molar-refractivity contribution in [2.45, 2.75) is 32.5 Å². The molecule has 1 atom stereocenters. The Morgan fingerprint density at radius 1 is 1.10 bits per heavy atom. The summed E-state index contributed by atoms with van der Waals surface area (Å²) >= 11 is 0. The first-order valence-electron chi connectivity index (χ1n) is 9.67. The second kappa shape index (κ2) is 7.98. The van der Waals surface area contributed by atoms with Gasteiger partial charge in [-0.05, 0) is 37.6 Å². The zero-order valence-corrected chi connectivity index (χ0v) is 16.8. The molecule has 0 bridgehead atoms. The highest BCUT2D eigenvalue weighted by atomic mass is 19.4. The number of pyridine rings is 1. The van der Waals surface area contributed by atoms with Crippen LogP contribution < -0.4 is 0 Å². The van der Waals surface area contributed by atoms with Crippen LogP contribution in [0.1, 0.15) is 36.5 Å².